The maximum atomic E-state index is 12.9. The maximum absolute atomic E-state index is 12.9. The lowest BCUT2D eigenvalue weighted by molar-refractivity contribution is 0.583. The largest absolute Gasteiger partial charge is 0.398 e. The van der Waals surface area contributed by atoms with E-state index in [4.69, 9.17) is 5.73 Å². The Kier molecular flexibility index (Phi) is 2.38. The second-order valence-corrected chi connectivity index (χ2v) is 2.28. The van der Waals surface area contributed by atoms with Gasteiger partial charge in [-0.25, -0.2) is 8.78 Å². The molecular formula is C8H8F2N2. The third-order valence-corrected chi connectivity index (χ3v) is 1.38. The zero-order chi connectivity index (χ0) is 9.14. The lowest BCUT2D eigenvalue weighted by Crippen LogP contribution is -1.98. The van der Waals surface area contributed by atoms with Gasteiger partial charge in [0.15, 0.2) is 0 Å². The van der Waals surface area contributed by atoms with E-state index in [2.05, 4.69) is 4.99 Å². The average molecular weight is 170 g/mol. The summed E-state index contributed by atoms with van der Waals surface area (Å²) in [6.45, 7) is 0. The van der Waals surface area contributed by atoms with E-state index in [1.54, 1.807) is 0 Å². The molecule has 0 saturated carbocycles. The van der Waals surface area contributed by atoms with E-state index < -0.39 is 11.6 Å². The van der Waals surface area contributed by atoms with Crippen molar-refractivity contribution in [1.29, 1.82) is 0 Å². The molecule has 0 bridgehead atoms. The van der Waals surface area contributed by atoms with Crippen molar-refractivity contribution < 1.29 is 8.78 Å². The van der Waals surface area contributed by atoms with Crippen molar-refractivity contribution >= 4 is 11.9 Å². The van der Waals surface area contributed by atoms with Gasteiger partial charge >= 0.3 is 0 Å². The molecule has 0 heterocycles. The summed E-state index contributed by atoms with van der Waals surface area (Å²) in [5, 5.41) is 0. The summed E-state index contributed by atoms with van der Waals surface area (Å²) < 4.78 is 25.4. The van der Waals surface area contributed by atoms with E-state index in [-0.39, 0.29) is 11.3 Å². The van der Waals surface area contributed by atoms with Crippen LogP contribution in [0.25, 0.3) is 0 Å². The Hall–Kier alpha value is -1.45. The smallest absolute Gasteiger partial charge is 0.136 e. The molecule has 1 aromatic carbocycles. The second kappa shape index (κ2) is 3.30. The van der Waals surface area contributed by atoms with Crippen molar-refractivity contribution in [2.75, 3.05) is 12.8 Å². The molecule has 0 fully saturated rings. The molecule has 0 aliphatic heterocycles. The number of hydrogen-bond acceptors (Lipinski definition) is 2. The molecule has 2 N–H and O–H groups in total. The highest BCUT2D eigenvalue weighted by molar-refractivity contribution is 5.87. The molecule has 12 heavy (non-hydrogen) atoms. The minimum atomic E-state index is -0.696. The average Bonchev–Trinajstić information content (AvgIpc) is 1.96. The Morgan fingerprint density at radius 2 is 2.08 bits per heavy atom. The summed E-state index contributed by atoms with van der Waals surface area (Å²) >= 11 is 0. The highest BCUT2D eigenvalue weighted by atomic mass is 19.1. The molecule has 2 nitrogen and oxygen atoms in total. The highest BCUT2D eigenvalue weighted by Gasteiger charge is 2.05. The van der Waals surface area contributed by atoms with Gasteiger partial charge in [0.25, 0.3) is 0 Å². The van der Waals surface area contributed by atoms with Gasteiger partial charge in [-0.15, -0.1) is 0 Å². The zero-order valence-corrected chi connectivity index (χ0v) is 6.51. The van der Waals surface area contributed by atoms with Crippen LogP contribution in [0, 0.1) is 11.6 Å². The van der Waals surface area contributed by atoms with Crippen LogP contribution < -0.4 is 5.73 Å². The van der Waals surface area contributed by atoms with Gasteiger partial charge in [-0.2, -0.15) is 0 Å². The molecule has 1 aromatic rings. The predicted octanol–water partition coefficient (Wildman–Crippen LogP) is 1.60. The molecule has 64 valence electrons. The lowest BCUT2D eigenvalue weighted by atomic mass is 10.2. The molecule has 0 aliphatic rings. The Morgan fingerprint density at radius 3 is 2.58 bits per heavy atom. The van der Waals surface area contributed by atoms with Crippen LogP contribution in [0.3, 0.4) is 0 Å². The second-order valence-electron chi connectivity index (χ2n) is 2.28. The van der Waals surface area contributed by atoms with Gasteiger partial charge in [0, 0.05) is 25.0 Å². The van der Waals surface area contributed by atoms with Crippen molar-refractivity contribution in [3.8, 4) is 0 Å². The van der Waals surface area contributed by atoms with Gasteiger partial charge in [0.1, 0.15) is 11.6 Å². The van der Waals surface area contributed by atoms with Crippen molar-refractivity contribution in [2.45, 2.75) is 0 Å². The Bertz CT molecular complexity index is 298. The minimum Gasteiger partial charge on any atom is -0.398 e. The molecule has 0 radical (unpaired) electrons. The predicted molar refractivity (Wildman–Crippen MR) is 44.3 cm³/mol. The molecule has 0 aliphatic carbocycles. The van der Waals surface area contributed by atoms with E-state index >= 15 is 0 Å². The van der Waals surface area contributed by atoms with Crippen molar-refractivity contribution in [1.82, 2.24) is 0 Å². The van der Waals surface area contributed by atoms with Gasteiger partial charge in [-0.1, -0.05) is 0 Å². The van der Waals surface area contributed by atoms with E-state index in [0.717, 1.165) is 12.1 Å². The summed E-state index contributed by atoms with van der Waals surface area (Å²) in [6.07, 6.45) is 1.25. The van der Waals surface area contributed by atoms with Crippen molar-refractivity contribution in [2.24, 2.45) is 4.99 Å². The van der Waals surface area contributed by atoms with Crippen LogP contribution in [-0.2, 0) is 0 Å². The van der Waals surface area contributed by atoms with Crippen LogP contribution in [-0.4, -0.2) is 13.3 Å². The zero-order valence-electron chi connectivity index (χ0n) is 6.51. The van der Waals surface area contributed by atoms with Gasteiger partial charge in [-0.3, -0.25) is 4.99 Å². The fourth-order valence-electron chi connectivity index (χ4n) is 0.870. The monoisotopic (exact) mass is 170 g/mol. The Morgan fingerprint density at radius 1 is 1.42 bits per heavy atom. The molecule has 1 rings (SSSR count). The van der Waals surface area contributed by atoms with E-state index in [9.17, 15) is 8.78 Å². The molecule has 4 heteroatoms. The van der Waals surface area contributed by atoms with E-state index in [1.165, 1.54) is 13.3 Å². The first-order valence-electron chi connectivity index (χ1n) is 3.32. The first-order chi connectivity index (χ1) is 5.65. The van der Waals surface area contributed by atoms with Crippen LogP contribution in [0.5, 0.6) is 0 Å². The first-order valence-corrected chi connectivity index (χ1v) is 3.32. The van der Waals surface area contributed by atoms with E-state index in [0.29, 0.717) is 0 Å². The van der Waals surface area contributed by atoms with Crippen molar-refractivity contribution in [3.63, 3.8) is 0 Å². The SMILES string of the molecule is C/N=C\c1c(N)cc(F)cc1F. The van der Waals surface area contributed by atoms with Crippen LogP contribution >= 0.6 is 0 Å². The number of hydrogen-bond donors (Lipinski definition) is 1. The van der Waals surface area contributed by atoms with Crippen LogP contribution in [0.1, 0.15) is 5.56 Å². The summed E-state index contributed by atoms with van der Waals surface area (Å²) in [7, 11) is 1.49. The normalized spacial score (nSPS) is 10.9. The van der Waals surface area contributed by atoms with E-state index in [1.807, 2.05) is 0 Å². The summed E-state index contributed by atoms with van der Waals surface area (Å²) in [6, 6.07) is 1.83. The van der Waals surface area contributed by atoms with Gasteiger partial charge in [0.05, 0.1) is 5.56 Å². The number of nitrogens with zero attached hydrogens (tertiary/aromatic N) is 1. The summed E-state index contributed by atoms with van der Waals surface area (Å²) in [4.78, 5) is 3.59. The number of benzene rings is 1. The van der Waals surface area contributed by atoms with Crippen LogP contribution in [0.2, 0.25) is 0 Å². The van der Waals surface area contributed by atoms with Crippen LogP contribution in [0.15, 0.2) is 17.1 Å². The molecule has 0 saturated heterocycles. The summed E-state index contributed by atoms with van der Waals surface area (Å²) in [5.41, 5.74) is 5.51. The molecule has 0 atom stereocenters. The molecule has 0 unspecified atom stereocenters. The number of rotatable bonds is 1. The van der Waals surface area contributed by atoms with Crippen LogP contribution in [0.4, 0.5) is 14.5 Å². The third-order valence-electron chi connectivity index (χ3n) is 1.38. The molecule has 0 spiro atoms. The fourth-order valence-corrected chi connectivity index (χ4v) is 0.870. The minimum absolute atomic E-state index is 0.0538. The molecular weight excluding hydrogens is 162 g/mol. The number of halogens is 2. The Labute approximate surface area is 68.7 Å². The summed E-state index contributed by atoms with van der Waals surface area (Å²) in [5.74, 6) is -1.38. The molecule has 0 aromatic heterocycles. The van der Waals surface area contributed by atoms with Gasteiger partial charge in [-0.05, 0) is 6.07 Å². The first kappa shape index (κ1) is 8.64. The quantitative estimate of drug-likeness (QED) is 0.504. The number of aliphatic imine (C=N–C) groups is 1. The van der Waals surface area contributed by atoms with Gasteiger partial charge in [0.2, 0.25) is 0 Å². The number of nitrogens with two attached hydrogens (primary N) is 1. The topological polar surface area (TPSA) is 38.4 Å². The lowest BCUT2D eigenvalue weighted by Gasteiger charge is -2.00. The van der Waals surface area contributed by atoms with Gasteiger partial charge < -0.3 is 5.73 Å². The number of anilines is 1. The third kappa shape index (κ3) is 1.58. The number of nitrogen functional groups attached to an aromatic ring is 1. The van der Waals surface area contributed by atoms with Crippen molar-refractivity contribution in [3.05, 3.63) is 29.3 Å². The fraction of sp³-hybridized carbons (Fsp3) is 0.125. The highest BCUT2D eigenvalue weighted by Crippen LogP contribution is 2.15. The Balaban J connectivity index is 3.28. The maximum Gasteiger partial charge on any atom is 0.136 e. The molecule has 0 amide bonds. The standard InChI is InChI=1S/C8H8F2N2/c1-12-4-6-7(10)2-5(9)3-8(6)11/h2-4H,11H2,1H3/b12-4-.